The fourth-order valence-corrected chi connectivity index (χ4v) is 7.92. The quantitative estimate of drug-likeness (QED) is 0.190. The molecule has 4 aliphatic heterocycles. The van der Waals surface area contributed by atoms with Gasteiger partial charge in [0.1, 0.15) is 39.9 Å². The van der Waals surface area contributed by atoms with Gasteiger partial charge >= 0.3 is 18.3 Å². The summed E-state index contributed by atoms with van der Waals surface area (Å²) in [6.45, 7) is 12.6. The van der Waals surface area contributed by atoms with Gasteiger partial charge in [-0.05, 0) is 66.0 Å². The summed E-state index contributed by atoms with van der Waals surface area (Å²) in [5.74, 6) is -2.52. The number of aromatic nitrogens is 3. The summed E-state index contributed by atoms with van der Waals surface area (Å²) in [6.07, 6.45) is -4.54. The number of nitrogens with two attached hydrogens (primary N) is 1. The van der Waals surface area contributed by atoms with Crippen molar-refractivity contribution in [2.45, 2.75) is 96.5 Å². The van der Waals surface area contributed by atoms with Crippen LogP contribution in [0.25, 0.3) is 22.2 Å². The highest BCUT2D eigenvalue weighted by Crippen LogP contribution is 2.47. The average molecular weight is 736 g/mol. The van der Waals surface area contributed by atoms with Gasteiger partial charge in [0.15, 0.2) is 5.82 Å². The average Bonchev–Trinajstić information content (AvgIpc) is 3.65. The largest absolute Gasteiger partial charge is 0.472 e. The van der Waals surface area contributed by atoms with Crippen LogP contribution in [0.1, 0.15) is 58.6 Å². The Morgan fingerprint density at radius 2 is 1.85 bits per heavy atom. The van der Waals surface area contributed by atoms with E-state index in [0.717, 1.165) is 32.5 Å². The fraction of sp³-hybridized carbons (Fsp3) is 0.600. The normalized spacial score (nSPS) is 24.6. The molecule has 12 nitrogen and oxygen atoms in total. The number of amides is 1. The van der Waals surface area contributed by atoms with E-state index < -0.39 is 81.3 Å². The van der Waals surface area contributed by atoms with Crippen molar-refractivity contribution in [3.8, 4) is 23.1 Å². The van der Waals surface area contributed by atoms with Gasteiger partial charge in [-0.25, -0.2) is 18.6 Å². The van der Waals surface area contributed by atoms with Crippen LogP contribution in [-0.2, 0) is 15.7 Å². The van der Waals surface area contributed by atoms with Crippen LogP contribution in [0.3, 0.4) is 0 Å². The monoisotopic (exact) mass is 735 g/mol. The molecule has 3 saturated heterocycles. The lowest BCUT2D eigenvalue weighted by molar-refractivity contribution is -0.137. The molecular weight excluding hydrogens is 693 g/mol. The summed E-state index contributed by atoms with van der Waals surface area (Å²) in [5.41, 5.74) is 0.256. The van der Waals surface area contributed by atoms with Crippen molar-refractivity contribution in [3.63, 3.8) is 0 Å². The number of anilines is 2. The van der Waals surface area contributed by atoms with Crippen molar-refractivity contribution in [1.82, 2.24) is 24.8 Å². The van der Waals surface area contributed by atoms with Crippen molar-refractivity contribution >= 4 is 28.5 Å². The molecule has 17 heteroatoms. The summed E-state index contributed by atoms with van der Waals surface area (Å²) in [5, 5.41) is 0.0225. The van der Waals surface area contributed by atoms with E-state index in [4.69, 9.17) is 29.7 Å². The minimum absolute atomic E-state index is 0.0225. The zero-order valence-corrected chi connectivity index (χ0v) is 29.8. The molecule has 5 atom stereocenters. The van der Waals surface area contributed by atoms with Gasteiger partial charge in [-0.1, -0.05) is 0 Å². The number of hydrogen-bond donors (Lipinski definition) is 1. The number of fused-ring (bicyclic) bond motifs is 4. The van der Waals surface area contributed by atoms with E-state index in [1.165, 1.54) is 0 Å². The topological polar surface area (TPSA) is 128 Å². The highest BCUT2D eigenvalue weighted by Gasteiger charge is 2.46. The Bertz CT molecular complexity index is 1910. The zero-order valence-electron chi connectivity index (χ0n) is 29.8. The van der Waals surface area contributed by atoms with E-state index in [1.807, 2.05) is 11.8 Å². The molecule has 4 aliphatic rings. The number of rotatable bonds is 6. The van der Waals surface area contributed by atoms with Crippen LogP contribution in [0.2, 0.25) is 0 Å². The number of alkyl halides is 3. The standard InChI is InChI=1S/C35H42F5N7O5/c1-16-24(35(38,39)40)21(13-22(41)25(16)36)27-26(37)28-23-30(44-32(43-28)49-11-7-8-45-14-20-12-19(45)15-50-20)47-10-9-46(33(48)52-34(4,5)6)17(2)29(47)18(3)51-31(23)42-27/h13,17-20,29H,7-12,14-15,41H2,1-6H3/t17-,18-,19+,20?,29-/m0/s1. The minimum Gasteiger partial charge on any atom is -0.472 e. The number of pyridine rings is 1. The summed E-state index contributed by atoms with van der Waals surface area (Å²) in [6, 6.07) is -0.232. The molecular formula is C35H42F5N7O5. The van der Waals surface area contributed by atoms with E-state index >= 15 is 4.39 Å². The Kier molecular flexibility index (Phi) is 9.03. The highest BCUT2D eigenvalue weighted by atomic mass is 19.4. The van der Waals surface area contributed by atoms with E-state index in [9.17, 15) is 22.4 Å². The third-order valence-electron chi connectivity index (χ3n) is 10.2. The third-order valence-corrected chi connectivity index (χ3v) is 10.2. The lowest BCUT2D eigenvalue weighted by atomic mass is 9.96. The molecule has 7 rings (SSSR count). The van der Waals surface area contributed by atoms with Gasteiger partial charge in [0.2, 0.25) is 5.88 Å². The Balaban J connectivity index is 1.32. The van der Waals surface area contributed by atoms with Crippen LogP contribution in [0.5, 0.6) is 11.9 Å². The van der Waals surface area contributed by atoms with E-state index in [0.29, 0.717) is 19.1 Å². The number of morpholine rings is 1. The number of piperazine rings is 1. The maximum Gasteiger partial charge on any atom is 0.417 e. The van der Waals surface area contributed by atoms with Crippen molar-refractivity contribution in [2.75, 3.05) is 50.0 Å². The number of nitrogen functional groups attached to an aromatic ring is 1. The maximum absolute atomic E-state index is 16.9. The maximum atomic E-state index is 16.9. The molecule has 0 spiro atoms. The number of likely N-dealkylation sites (tertiary alicyclic amines) is 1. The van der Waals surface area contributed by atoms with Crippen LogP contribution >= 0.6 is 0 Å². The van der Waals surface area contributed by atoms with Crippen molar-refractivity contribution in [2.24, 2.45) is 0 Å². The van der Waals surface area contributed by atoms with E-state index in [-0.39, 0.29) is 48.9 Å². The first kappa shape index (κ1) is 36.1. The molecule has 3 fully saturated rings. The van der Waals surface area contributed by atoms with Crippen molar-refractivity contribution in [3.05, 3.63) is 28.8 Å². The first-order valence-corrected chi connectivity index (χ1v) is 17.4. The second-order valence-electron chi connectivity index (χ2n) is 14.9. The molecule has 0 radical (unpaired) electrons. The molecule has 1 unspecified atom stereocenters. The van der Waals surface area contributed by atoms with Crippen LogP contribution in [0, 0.1) is 18.6 Å². The van der Waals surface area contributed by atoms with Crippen LogP contribution in [0.15, 0.2) is 6.07 Å². The smallest absolute Gasteiger partial charge is 0.417 e. The van der Waals surface area contributed by atoms with E-state index in [2.05, 4.69) is 14.9 Å². The molecule has 6 heterocycles. The number of ether oxygens (including phenoxy) is 4. The zero-order chi connectivity index (χ0) is 37.4. The molecule has 3 aromatic rings. The Labute approximate surface area is 297 Å². The summed E-state index contributed by atoms with van der Waals surface area (Å²) in [4.78, 5) is 32.4. The molecule has 282 valence electrons. The first-order chi connectivity index (χ1) is 24.4. The molecule has 0 saturated carbocycles. The van der Waals surface area contributed by atoms with Crippen LogP contribution < -0.4 is 20.1 Å². The van der Waals surface area contributed by atoms with Gasteiger partial charge in [0.05, 0.1) is 42.7 Å². The van der Waals surface area contributed by atoms with Crippen molar-refractivity contribution in [1.29, 1.82) is 0 Å². The van der Waals surface area contributed by atoms with Crippen LogP contribution in [-0.4, -0.2) is 106 Å². The number of carbonyl (C=O) groups excluding carboxylic acids is 1. The number of hydrogen-bond acceptors (Lipinski definition) is 11. The van der Waals surface area contributed by atoms with Crippen LogP contribution in [0.4, 0.5) is 38.3 Å². The Hall–Kier alpha value is -4.25. The summed E-state index contributed by atoms with van der Waals surface area (Å²) < 4.78 is 98.8. The molecule has 2 aromatic heterocycles. The lowest BCUT2D eigenvalue weighted by Crippen LogP contribution is -2.64. The highest BCUT2D eigenvalue weighted by molar-refractivity contribution is 5.97. The predicted molar refractivity (Wildman–Crippen MR) is 180 cm³/mol. The number of carbonyl (C=O) groups is 1. The number of nitrogens with zero attached hydrogens (tertiary/aromatic N) is 6. The minimum atomic E-state index is -5.09. The van der Waals surface area contributed by atoms with Gasteiger partial charge in [-0.3, -0.25) is 4.90 Å². The summed E-state index contributed by atoms with van der Waals surface area (Å²) >= 11 is 0. The lowest BCUT2D eigenvalue weighted by Gasteiger charge is -2.47. The molecule has 0 aliphatic carbocycles. The molecule has 1 amide bonds. The van der Waals surface area contributed by atoms with Crippen molar-refractivity contribution < 1.29 is 45.7 Å². The fourth-order valence-electron chi connectivity index (χ4n) is 7.92. The Morgan fingerprint density at radius 1 is 1.10 bits per heavy atom. The van der Waals surface area contributed by atoms with Gasteiger partial charge in [0.25, 0.3) is 0 Å². The van der Waals surface area contributed by atoms with E-state index in [1.54, 1.807) is 32.6 Å². The molecule has 2 bridgehead atoms. The second-order valence-corrected chi connectivity index (χ2v) is 14.9. The summed E-state index contributed by atoms with van der Waals surface area (Å²) in [7, 11) is 0. The predicted octanol–water partition coefficient (Wildman–Crippen LogP) is 5.72. The number of benzene rings is 1. The van der Waals surface area contributed by atoms with Gasteiger partial charge < -0.3 is 34.5 Å². The molecule has 1 aromatic carbocycles. The second kappa shape index (κ2) is 13.0. The SMILES string of the molecule is Cc1c(F)c(N)cc(-c2nc3c4c(nc(OCCCN5CC6C[C@@H]5CO6)nc4c2F)N2CCN(C(=O)OC(C)(C)C)[C@@H](C)[C@H]2[C@H](C)O3)c1C(F)(F)F. The molecule has 2 N–H and O–H groups in total. The van der Waals surface area contributed by atoms with Gasteiger partial charge in [-0.15, -0.1) is 0 Å². The van der Waals surface area contributed by atoms with Gasteiger partial charge in [0, 0.05) is 37.8 Å². The third kappa shape index (κ3) is 6.39. The van der Waals surface area contributed by atoms with Gasteiger partial charge in [-0.2, -0.15) is 23.1 Å². The first-order valence-electron chi connectivity index (χ1n) is 17.4. The Morgan fingerprint density at radius 3 is 2.50 bits per heavy atom. The molecule has 52 heavy (non-hydrogen) atoms. The number of halogens is 5.